The molecule has 0 unspecified atom stereocenters. The second-order valence-electron chi connectivity index (χ2n) is 13.9. The summed E-state index contributed by atoms with van der Waals surface area (Å²) in [5, 5.41) is 6.74. The highest BCUT2D eigenvalue weighted by molar-refractivity contribution is 7.26. The van der Waals surface area contributed by atoms with Crippen molar-refractivity contribution in [2.24, 2.45) is 0 Å². The molecular weight excluding hydrogens is 695 g/mol. The second-order valence-corrected chi connectivity index (χ2v) is 15.0. The number of fused-ring (bicyclic) bond motifs is 11. The number of aromatic nitrogens is 2. The van der Waals surface area contributed by atoms with Crippen LogP contribution >= 0.6 is 11.3 Å². The van der Waals surface area contributed by atoms with Crippen molar-refractivity contribution in [1.29, 1.82) is 0 Å². The third-order valence-corrected chi connectivity index (χ3v) is 11.9. The Morgan fingerprint density at radius 3 is 2.05 bits per heavy atom. The summed E-state index contributed by atoms with van der Waals surface area (Å²) in [5.74, 6) is 0.590. The Balaban J connectivity index is 1.18. The van der Waals surface area contributed by atoms with Crippen LogP contribution in [0.25, 0.3) is 92.2 Å². The third-order valence-electron chi connectivity index (χ3n) is 10.8. The molecule has 0 aliphatic heterocycles. The zero-order valence-electron chi connectivity index (χ0n) is 29.3. The fourth-order valence-electron chi connectivity index (χ4n) is 8.47. The van der Waals surface area contributed by atoms with Gasteiger partial charge in [-0.15, -0.1) is 11.3 Å². The number of rotatable bonds is 5. The molecule has 0 radical (unpaired) electrons. The summed E-state index contributed by atoms with van der Waals surface area (Å²) in [6.45, 7) is 0. The van der Waals surface area contributed by atoms with Crippen molar-refractivity contribution in [3.05, 3.63) is 176 Å². The van der Waals surface area contributed by atoms with E-state index in [1.54, 1.807) is 0 Å². The van der Waals surface area contributed by atoms with Crippen molar-refractivity contribution in [3.8, 4) is 17.1 Å². The Hall–Kier alpha value is -7.15. The fraction of sp³-hybridized carbons (Fsp3) is 0. The minimum Gasteiger partial charge on any atom is -0.456 e. The van der Waals surface area contributed by atoms with E-state index in [1.165, 1.54) is 30.9 Å². The van der Waals surface area contributed by atoms with E-state index >= 15 is 0 Å². The number of anilines is 3. The zero-order valence-corrected chi connectivity index (χ0v) is 30.1. The Labute approximate surface area is 318 Å². The Morgan fingerprint density at radius 2 is 1.18 bits per heavy atom. The molecule has 0 aliphatic carbocycles. The van der Waals surface area contributed by atoms with Gasteiger partial charge in [-0.1, -0.05) is 84.9 Å². The summed E-state index contributed by atoms with van der Waals surface area (Å²) in [7, 11) is 0. The van der Waals surface area contributed by atoms with E-state index in [0.29, 0.717) is 5.89 Å². The number of hydrogen-bond acceptors (Lipinski definition) is 5. The first-order chi connectivity index (χ1) is 27.3. The van der Waals surface area contributed by atoms with E-state index in [-0.39, 0.29) is 0 Å². The number of hydrogen-bond donors (Lipinski definition) is 0. The molecule has 0 atom stereocenters. The van der Waals surface area contributed by atoms with Crippen LogP contribution < -0.4 is 4.90 Å². The van der Waals surface area contributed by atoms with Crippen LogP contribution in [0.15, 0.2) is 185 Å². The topological polar surface area (TPSA) is 47.3 Å². The standard InChI is InChI=1S/C49H29N3O2S/c1-3-13-30(14-4-1)49-50-36-26-28-42-47(48(36)54-49)35-29-32(25-27-41(35)53-42)52(40-22-12-24-44-46(40)34-18-8-10-23-43(34)55-44)39-21-11-20-38-45(39)33-17-7-9-19-37(33)51(38)31-15-5-2-6-16-31/h1-29H. The maximum absolute atomic E-state index is 6.56. The molecule has 0 spiro atoms. The van der Waals surface area contributed by atoms with Crippen LogP contribution in [-0.4, -0.2) is 9.55 Å². The Morgan fingerprint density at radius 1 is 0.491 bits per heavy atom. The SMILES string of the molecule is c1ccc(-c2nc3ccc4oc5ccc(N(c6cccc7sc8ccccc8c67)c6cccc7c6c6ccccc6n7-c6ccccc6)cc5c4c3o2)cc1. The molecule has 0 fully saturated rings. The minimum atomic E-state index is 0.590. The largest absolute Gasteiger partial charge is 0.456 e. The van der Waals surface area contributed by atoms with Gasteiger partial charge >= 0.3 is 0 Å². The number of furan rings is 1. The molecule has 0 aliphatic rings. The second kappa shape index (κ2) is 11.7. The van der Waals surface area contributed by atoms with Gasteiger partial charge in [0, 0.05) is 53.3 Å². The molecule has 8 aromatic carbocycles. The molecule has 5 nitrogen and oxygen atoms in total. The minimum absolute atomic E-state index is 0.590. The molecule has 12 rings (SSSR count). The number of thiophene rings is 1. The number of nitrogens with zero attached hydrogens (tertiary/aromatic N) is 3. The maximum atomic E-state index is 6.56. The van der Waals surface area contributed by atoms with E-state index in [0.717, 1.165) is 72.4 Å². The summed E-state index contributed by atoms with van der Waals surface area (Å²) in [4.78, 5) is 7.34. The van der Waals surface area contributed by atoms with Gasteiger partial charge in [-0.05, 0) is 91.0 Å². The lowest BCUT2D eigenvalue weighted by Crippen LogP contribution is -2.10. The summed E-state index contributed by atoms with van der Waals surface area (Å²) in [6.07, 6.45) is 0. The first-order valence-electron chi connectivity index (χ1n) is 18.4. The summed E-state index contributed by atoms with van der Waals surface area (Å²) in [6, 6.07) is 62.0. The molecule has 258 valence electrons. The van der Waals surface area contributed by atoms with Crippen LogP contribution in [0.1, 0.15) is 0 Å². The predicted octanol–water partition coefficient (Wildman–Crippen LogP) is 14.3. The normalized spacial score (nSPS) is 12.0. The smallest absolute Gasteiger partial charge is 0.227 e. The maximum Gasteiger partial charge on any atom is 0.227 e. The zero-order chi connectivity index (χ0) is 36.0. The molecule has 0 saturated carbocycles. The highest BCUT2D eigenvalue weighted by Crippen LogP contribution is 2.49. The van der Waals surface area contributed by atoms with Gasteiger partial charge in [0.05, 0.1) is 27.8 Å². The lowest BCUT2D eigenvalue weighted by atomic mass is 10.0. The van der Waals surface area contributed by atoms with Crippen molar-refractivity contribution in [3.63, 3.8) is 0 Å². The quantitative estimate of drug-likeness (QED) is 0.177. The van der Waals surface area contributed by atoms with Gasteiger partial charge in [-0.25, -0.2) is 4.98 Å². The predicted molar refractivity (Wildman–Crippen MR) is 229 cm³/mol. The monoisotopic (exact) mass is 723 g/mol. The molecule has 0 N–H and O–H groups in total. The summed E-state index contributed by atoms with van der Waals surface area (Å²) >= 11 is 1.83. The first-order valence-corrected chi connectivity index (χ1v) is 19.2. The van der Waals surface area contributed by atoms with Gasteiger partial charge in [0.1, 0.15) is 16.7 Å². The van der Waals surface area contributed by atoms with Gasteiger partial charge in [0.15, 0.2) is 5.58 Å². The average molecular weight is 724 g/mol. The highest BCUT2D eigenvalue weighted by atomic mass is 32.1. The number of benzene rings is 8. The molecule has 4 aromatic heterocycles. The molecule has 0 amide bonds. The lowest BCUT2D eigenvalue weighted by molar-refractivity contribution is 0.622. The van der Waals surface area contributed by atoms with Gasteiger partial charge in [0.25, 0.3) is 0 Å². The van der Waals surface area contributed by atoms with E-state index in [1.807, 2.05) is 53.8 Å². The van der Waals surface area contributed by atoms with Gasteiger partial charge in [-0.3, -0.25) is 0 Å². The first kappa shape index (κ1) is 30.3. The summed E-state index contributed by atoms with van der Waals surface area (Å²) < 4.78 is 18.0. The molecule has 12 aromatic rings. The van der Waals surface area contributed by atoms with Gasteiger partial charge in [0.2, 0.25) is 5.89 Å². The summed E-state index contributed by atoms with van der Waals surface area (Å²) in [5.41, 5.74) is 10.7. The number of para-hydroxylation sites is 2. The molecular formula is C49H29N3O2S. The van der Waals surface area contributed by atoms with Gasteiger partial charge < -0.3 is 18.3 Å². The average Bonchev–Trinajstić information content (AvgIpc) is 4.02. The molecule has 4 heterocycles. The van der Waals surface area contributed by atoms with Crippen LogP contribution in [-0.2, 0) is 0 Å². The van der Waals surface area contributed by atoms with E-state index in [2.05, 4.69) is 143 Å². The molecule has 55 heavy (non-hydrogen) atoms. The van der Waals surface area contributed by atoms with Crippen molar-refractivity contribution < 1.29 is 8.83 Å². The Bertz CT molecular complexity index is 3450. The number of oxazole rings is 1. The van der Waals surface area contributed by atoms with Crippen LogP contribution in [0.2, 0.25) is 0 Å². The van der Waals surface area contributed by atoms with E-state index in [9.17, 15) is 0 Å². The Kier molecular flexibility index (Phi) is 6.44. The fourth-order valence-corrected chi connectivity index (χ4v) is 9.60. The highest BCUT2D eigenvalue weighted by Gasteiger charge is 2.25. The van der Waals surface area contributed by atoms with E-state index < -0.39 is 0 Å². The van der Waals surface area contributed by atoms with Crippen molar-refractivity contribution in [2.45, 2.75) is 0 Å². The molecule has 0 saturated heterocycles. The third kappa shape index (κ3) is 4.49. The molecule has 6 heteroatoms. The van der Waals surface area contributed by atoms with Gasteiger partial charge in [-0.2, -0.15) is 0 Å². The van der Waals surface area contributed by atoms with Crippen LogP contribution in [0.5, 0.6) is 0 Å². The van der Waals surface area contributed by atoms with Crippen molar-refractivity contribution in [2.75, 3.05) is 4.90 Å². The van der Waals surface area contributed by atoms with Crippen LogP contribution in [0.4, 0.5) is 17.1 Å². The lowest BCUT2D eigenvalue weighted by Gasteiger charge is -2.27. The van der Waals surface area contributed by atoms with Crippen LogP contribution in [0, 0.1) is 0 Å². The van der Waals surface area contributed by atoms with Crippen molar-refractivity contribution in [1.82, 2.24) is 9.55 Å². The van der Waals surface area contributed by atoms with Crippen molar-refractivity contribution >= 4 is 103 Å². The molecule has 0 bridgehead atoms. The van der Waals surface area contributed by atoms with Crippen LogP contribution in [0.3, 0.4) is 0 Å². The van der Waals surface area contributed by atoms with E-state index in [4.69, 9.17) is 13.8 Å².